The molecular weight excluding hydrogens is 494 g/mol. The first-order chi connectivity index (χ1) is 18.6. The normalized spacial score (nSPS) is 18.3. The van der Waals surface area contributed by atoms with Gasteiger partial charge >= 0.3 is 0 Å². The van der Waals surface area contributed by atoms with Crippen molar-refractivity contribution in [3.8, 4) is 17.2 Å². The minimum Gasteiger partial charge on any atom is -0.493 e. The van der Waals surface area contributed by atoms with Crippen LogP contribution < -0.4 is 19.5 Å². The Kier molecular flexibility index (Phi) is 6.64. The molecule has 6 heteroatoms. The maximum absolute atomic E-state index is 13.8. The third-order valence-electron chi connectivity index (χ3n) is 7.33. The van der Waals surface area contributed by atoms with E-state index in [1.807, 2.05) is 54.6 Å². The van der Waals surface area contributed by atoms with Crippen LogP contribution in [0.5, 0.6) is 17.2 Å². The first-order valence-corrected chi connectivity index (χ1v) is 13.6. The number of allylic oxidation sites excluding steroid dienone is 2. The summed E-state index contributed by atoms with van der Waals surface area (Å²) in [5.74, 6) is 2.18. The molecule has 0 amide bonds. The summed E-state index contributed by atoms with van der Waals surface area (Å²) >= 11 is 1.71. The molecule has 2 heterocycles. The van der Waals surface area contributed by atoms with E-state index in [4.69, 9.17) is 14.2 Å². The van der Waals surface area contributed by atoms with Gasteiger partial charge in [0, 0.05) is 46.2 Å². The summed E-state index contributed by atoms with van der Waals surface area (Å²) in [7, 11) is 3.27. The van der Waals surface area contributed by atoms with Gasteiger partial charge in [0.25, 0.3) is 0 Å². The average molecular weight is 524 g/mol. The Bertz CT molecular complexity index is 1490. The number of carbonyl (C=O) groups excluding carboxylic acids is 1. The van der Waals surface area contributed by atoms with Crippen LogP contribution >= 0.6 is 11.3 Å². The minimum atomic E-state index is -0.238. The Labute approximate surface area is 226 Å². The van der Waals surface area contributed by atoms with Crippen molar-refractivity contribution in [3.63, 3.8) is 0 Å². The highest BCUT2D eigenvalue weighted by Crippen LogP contribution is 2.51. The highest BCUT2D eigenvalue weighted by atomic mass is 32.1. The third kappa shape index (κ3) is 4.56. The van der Waals surface area contributed by atoms with Gasteiger partial charge in [0.15, 0.2) is 17.3 Å². The highest BCUT2D eigenvalue weighted by molar-refractivity contribution is 7.10. The van der Waals surface area contributed by atoms with Gasteiger partial charge in [0.2, 0.25) is 0 Å². The molecule has 0 saturated carbocycles. The summed E-state index contributed by atoms with van der Waals surface area (Å²) in [6.07, 6.45) is 1.29. The van der Waals surface area contributed by atoms with Gasteiger partial charge in [0.05, 0.1) is 14.2 Å². The molecule has 1 aliphatic heterocycles. The minimum absolute atomic E-state index is 0.177. The Balaban J connectivity index is 1.42. The van der Waals surface area contributed by atoms with E-state index in [0.29, 0.717) is 24.5 Å². The molecular formula is C32H29NO4S. The molecule has 0 spiro atoms. The second kappa shape index (κ2) is 10.4. The second-order valence-corrected chi connectivity index (χ2v) is 10.6. The van der Waals surface area contributed by atoms with E-state index in [2.05, 4.69) is 35.0 Å². The molecule has 0 fully saturated rings. The van der Waals surface area contributed by atoms with Crippen LogP contribution in [-0.4, -0.2) is 20.0 Å². The summed E-state index contributed by atoms with van der Waals surface area (Å²) in [6.45, 7) is 0.480. The number of carbonyl (C=O) groups is 1. The predicted molar refractivity (Wildman–Crippen MR) is 151 cm³/mol. The molecule has 192 valence electrons. The molecule has 3 aromatic carbocycles. The number of thiophene rings is 1. The van der Waals surface area contributed by atoms with E-state index >= 15 is 0 Å². The van der Waals surface area contributed by atoms with Gasteiger partial charge in [0.1, 0.15) is 12.4 Å². The molecule has 0 bridgehead atoms. The molecule has 1 aromatic heterocycles. The number of anilines is 1. The first kappa shape index (κ1) is 24.3. The number of ketones is 1. The Hall–Kier alpha value is -4.03. The summed E-state index contributed by atoms with van der Waals surface area (Å²) in [5, 5.41) is 5.68. The van der Waals surface area contributed by atoms with Crippen molar-refractivity contribution in [1.82, 2.24) is 0 Å². The number of benzene rings is 3. The number of hydrogen-bond acceptors (Lipinski definition) is 6. The molecule has 4 aromatic rings. The van der Waals surface area contributed by atoms with E-state index in [0.717, 1.165) is 45.8 Å². The highest BCUT2D eigenvalue weighted by Gasteiger charge is 2.39. The summed E-state index contributed by atoms with van der Waals surface area (Å²) in [6, 6.07) is 26.4. The Morgan fingerprint density at radius 3 is 2.47 bits per heavy atom. The van der Waals surface area contributed by atoms with Crippen molar-refractivity contribution >= 4 is 22.8 Å². The number of methoxy groups -OCH3 is 2. The van der Waals surface area contributed by atoms with E-state index in [1.54, 1.807) is 25.6 Å². The summed E-state index contributed by atoms with van der Waals surface area (Å²) < 4.78 is 17.4. The number of ether oxygens (including phenoxy) is 3. The molecule has 0 unspecified atom stereocenters. The summed E-state index contributed by atoms with van der Waals surface area (Å²) in [5.41, 5.74) is 5.86. The Morgan fingerprint density at radius 2 is 1.71 bits per heavy atom. The van der Waals surface area contributed by atoms with Gasteiger partial charge < -0.3 is 19.5 Å². The van der Waals surface area contributed by atoms with Gasteiger partial charge in [-0.25, -0.2) is 0 Å². The number of nitrogens with one attached hydrogen (secondary N) is 1. The Morgan fingerprint density at radius 1 is 0.895 bits per heavy atom. The van der Waals surface area contributed by atoms with E-state index < -0.39 is 0 Å². The van der Waals surface area contributed by atoms with Crippen LogP contribution in [0.25, 0.3) is 0 Å². The molecule has 2 atom stereocenters. The van der Waals surface area contributed by atoms with Crippen LogP contribution in [0.15, 0.2) is 95.5 Å². The fourth-order valence-electron chi connectivity index (χ4n) is 5.54. The molecule has 38 heavy (non-hydrogen) atoms. The maximum Gasteiger partial charge on any atom is 0.162 e. The van der Waals surface area contributed by atoms with Crippen molar-refractivity contribution in [2.24, 2.45) is 0 Å². The van der Waals surface area contributed by atoms with E-state index in [9.17, 15) is 4.79 Å². The van der Waals surface area contributed by atoms with Crippen LogP contribution in [0, 0.1) is 0 Å². The topological polar surface area (TPSA) is 56.8 Å². The zero-order valence-electron chi connectivity index (χ0n) is 21.4. The lowest BCUT2D eigenvalue weighted by Gasteiger charge is -2.37. The number of fused-ring (bicyclic) bond motifs is 1. The first-order valence-electron chi connectivity index (χ1n) is 12.7. The van der Waals surface area contributed by atoms with Crippen molar-refractivity contribution in [2.75, 3.05) is 19.5 Å². The van der Waals surface area contributed by atoms with E-state index in [1.165, 1.54) is 4.88 Å². The quantitative estimate of drug-likeness (QED) is 0.275. The fourth-order valence-corrected chi connectivity index (χ4v) is 6.37. The monoisotopic (exact) mass is 523 g/mol. The molecule has 0 radical (unpaired) electrons. The van der Waals surface area contributed by atoms with Crippen LogP contribution in [0.2, 0.25) is 0 Å². The number of rotatable bonds is 7. The standard InChI is InChI=1S/C32H29NO4S/c1-35-28-17-24-25(18-29(28)36-2)33-26-15-22(30-12-7-13-38-30)16-27(34)32(26)31(24)21-10-6-11-23(14-21)37-19-20-8-4-3-5-9-20/h3-14,17-18,22,31,33H,15-16,19H2,1-2H3/t22-,31+/m1/s1. The van der Waals surface area contributed by atoms with Crippen molar-refractivity contribution in [2.45, 2.75) is 31.3 Å². The van der Waals surface area contributed by atoms with Gasteiger partial charge in [-0.15, -0.1) is 11.3 Å². The SMILES string of the molecule is COc1cc2c(cc1OC)[C@H](c1cccc(OCc3ccccc3)c1)C1=C(C[C@@H](c3cccs3)CC1=O)N2. The zero-order chi connectivity index (χ0) is 26.1. The number of hydrogen-bond donors (Lipinski definition) is 1. The summed E-state index contributed by atoms with van der Waals surface area (Å²) in [4.78, 5) is 15.1. The van der Waals surface area contributed by atoms with Gasteiger partial charge in [-0.2, -0.15) is 0 Å². The lowest BCUT2D eigenvalue weighted by Crippen LogP contribution is -2.29. The van der Waals surface area contributed by atoms with Crippen LogP contribution in [0.3, 0.4) is 0 Å². The average Bonchev–Trinajstić information content (AvgIpc) is 3.50. The third-order valence-corrected chi connectivity index (χ3v) is 8.37. The lowest BCUT2D eigenvalue weighted by atomic mass is 9.73. The van der Waals surface area contributed by atoms with Gasteiger partial charge in [-0.05, 0) is 52.8 Å². The van der Waals surface area contributed by atoms with Crippen LogP contribution in [0.1, 0.15) is 46.2 Å². The molecule has 6 rings (SSSR count). The molecule has 2 aliphatic rings. The largest absolute Gasteiger partial charge is 0.493 e. The number of Topliss-reactive ketones (excluding diaryl/α,β-unsaturated/α-hetero) is 1. The fraction of sp³-hybridized carbons (Fsp3) is 0.219. The van der Waals surface area contributed by atoms with Crippen molar-refractivity contribution in [1.29, 1.82) is 0 Å². The molecule has 0 saturated heterocycles. The van der Waals surface area contributed by atoms with Gasteiger partial charge in [-0.3, -0.25) is 4.79 Å². The molecule has 1 aliphatic carbocycles. The lowest BCUT2D eigenvalue weighted by molar-refractivity contribution is -0.116. The van der Waals surface area contributed by atoms with Crippen molar-refractivity contribution < 1.29 is 19.0 Å². The molecule has 1 N–H and O–H groups in total. The smallest absolute Gasteiger partial charge is 0.162 e. The van der Waals surface area contributed by atoms with Crippen LogP contribution in [-0.2, 0) is 11.4 Å². The van der Waals surface area contributed by atoms with E-state index in [-0.39, 0.29) is 17.6 Å². The predicted octanol–water partition coefficient (Wildman–Crippen LogP) is 7.30. The van der Waals surface area contributed by atoms with Crippen molar-refractivity contribution in [3.05, 3.63) is 117 Å². The van der Waals surface area contributed by atoms with Gasteiger partial charge in [-0.1, -0.05) is 48.5 Å². The maximum atomic E-state index is 13.8. The molecule has 5 nitrogen and oxygen atoms in total. The van der Waals surface area contributed by atoms with Crippen LogP contribution in [0.4, 0.5) is 5.69 Å². The zero-order valence-corrected chi connectivity index (χ0v) is 22.2. The second-order valence-electron chi connectivity index (χ2n) is 9.64.